The number of halogens is 2. The molecule has 0 saturated heterocycles. The van der Waals surface area contributed by atoms with Crippen LogP contribution in [0.3, 0.4) is 0 Å². The molecule has 0 radical (unpaired) electrons. The van der Waals surface area contributed by atoms with Crippen molar-refractivity contribution in [2.45, 2.75) is 38.6 Å². The number of hydrogen-bond acceptors (Lipinski definition) is 2. The number of carbonyl (C=O) groups excluding carboxylic acids is 1. The Labute approximate surface area is 226 Å². The van der Waals surface area contributed by atoms with Gasteiger partial charge in [0.1, 0.15) is 11.6 Å². The van der Waals surface area contributed by atoms with E-state index in [2.05, 4.69) is 28.7 Å². The van der Waals surface area contributed by atoms with Gasteiger partial charge in [0.15, 0.2) is 0 Å². The average Bonchev–Trinajstić information content (AvgIpc) is 3.47. The zero-order valence-electron chi connectivity index (χ0n) is 21.7. The van der Waals surface area contributed by atoms with Crippen molar-refractivity contribution in [3.63, 3.8) is 0 Å². The van der Waals surface area contributed by atoms with Crippen molar-refractivity contribution in [3.05, 3.63) is 119 Å². The van der Waals surface area contributed by atoms with E-state index in [9.17, 15) is 13.6 Å². The van der Waals surface area contributed by atoms with E-state index in [-0.39, 0.29) is 23.3 Å². The van der Waals surface area contributed by atoms with E-state index in [4.69, 9.17) is 0 Å². The Morgan fingerprint density at radius 2 is 1.85 bits per heavy atom. The molecule has 198 valence electrons. The van der Waals surface area contributed by atoms with Crippen LogP contribution in [0.4, 0.5) is 19.3 Å². The van der Waals surface area contributed by atoms with Crippen LogP contribution in [0.15, 0.2) is 90.6 Å². The number of aromatic nitrogens is 2. The number of urea groups is 1. The minimum atomic E-state index is -0.398. The highest BCUT2D eigenvalue weighted by Crippen LogP contribution is 2.55. The summed E-state index contributed by atoms with van der Waals surface area (Å²) in [4.78, 5) is 13.0. The van der Waals surface area contributed by atoms with E-state index in [0.29, 0.717) is 11.6 Å². The third kappa shape index (κ3) is 4.97. The second-order valence-electron chi connectivity index (χ2n) is 10.8. The Balaban J connectivity index is 1.24. The van der Waals surface area contributed by atoms with Crippen molar-refractivity contribution < 1.29 is 13.6 Å². The number of amides is 2. The number of rotatable bonds is 6. The lowest BCUT2D eigenvalue weighted by Gasteiger charge is -2.37. The van der Waals surface area contributed by atoms with Crippen LogP contribution in [0.2, 0.25) is 0 Å². The summed E-state index contributed by atoms with van der Waals surface area (Å²) in [7, 11) is 0. The van der Waals surface area contributed by atoms with Gasteiger partial charge in [0, 0.05) is 5.69 Å². The Kier molecular flexibility index (Phi) is 6.51. The van der Waals surface area contributed by atoms with Crippen LogP contribution in [-0.4, -0.2) is 15.8 Å². The maximum absolute atomic E-state index is 13.6. The first-order chi connectivity index (χ1) is 18.9. The zero-order chi connectivity index (χ0) is 27.0. The lowest BCUT2D eigenvalue weighted by molar-refractivity contribution is 0.222. The van der Waals surface area contributed by atoms with E-state index in [1.54, 1.807) is 24.3 Å². The molecule has 2 N–H and O–H groups in total. The maximum Gasteiger partial charge on any atom is 0.319 e. The highest BCUT2D eigenvalue weighted by Gasteiger charge is 2.46. The fraction of sp³-hybridized carbons (Fsp3) is 0.250. The molecule has 2 aliphatic rings. The quantitative estimate of drug-likeness (QED) is 0.275. The summed E-state index contributed by atoms with van der Waals surface area (Å²) < 4.78 is 29.0. The zero-order valence-corrected chi connectivity index (χ0v) is 21.7. The SMILES string of the molecule is C[C@]12Cc3cnn(-c4ccc(F)cc4)c3C=C1CC[C@@H]2CC(NC(=O)Nc1cccc(F)c1)c1ccccc1. The van der Waals surface area contributed by atoms with Gasteiger partial charge in [-0.05, 0) is 96.7 Å². The molecule has 1 heterocycles. The van der Waals surface area contributed by atoms with Crippen molar-refractivity contribution in [1.29, 1.82) is 0 Å². The van der Waals surface area contributed by atoms with E-state index in [1.165, 1.54) is 35.4 Å². The number of nitrogens with zero attached hydrogens (tertiary/aromatic N) is 2. The molecule has 1 unspecified atom stereocenters. The normalized spacial score (nSPS) is 20.5. The molecule has 0 bridgehead atoms. The minimum absolute atomic E-state index is 0.0581. The fourth-order valence-corrected chi connectivity index (χ4v) is 6.24. The number of anilines is 1. The first kappa shape index (κ1) is 25.0. The molecule has 5 nitrogen and oxygen atoms in total. The van der Waals surface area contributed by atoms with E-state index in [1.807, 2.05) is 41.2 Å². The third-order valence-corrected chi connectivity index (χ3v) is 8.33. The number of benzene rings is 3. The average molecular weight is 525 g/mol. The topological polar surface area (TPSA) is 59.0 Å². The summed E-state index contributed by atoms with van der Waals surface area (Å²) in [6.07, 6.45) is 7.81. The third-order valence-electron chi connectivity index (χ3n) is 8.33. The van der Waals surface area contributed by atoms with Crippen LogP contribution < -0.4 is 10.6 Å². The van der Waals surface area contributed by atoms with Crippen molar-refractivity contribution in [2.75, 3.05) is 5.32 Å². The van der Waals surface area contributed by atoms with Crippen LogP contribution >= 0.6 is 0 Å². The van der Waals surface area contributed by atoms with Crippen molar-refractivity contribution in [3.8, 4) is 5.69 Å². The molecule has 1 fully saturated rings. The molecule has 7 heteroatoms. The second-order valence-corrected chi connectivity index (χ2v) is 10.8. The standard InChI is InChI=1S/C32H30F2N4O/c1-32-19-22-20-35-38(28-14-12-25(33)13-15-28)30(22)17-24(32)11-10-23(32)16-29(21-6-3-2-4-7-21)37-31(39)36-27-9-5-8-26(34)18-27/h2-9,12-15,17-18,20,23,29H,10-11,16,19H2,1H3,(H2,36,37,39)/t23-,29?,32-/m1/s1. The van der Waals surface area contributed by atoms with Gasteiger partial charge in [0.2, 0.25) is 0 Å². The van der Waals surface area contributed by atoms with Gasteiger partial charge in [-0.2, -0.15) is 5.10 Å². The Morgan fingerprint density at radius 3 is 2.62 bits per heavy atom. The van der Waals surface area contributed by atoms with Gasteiger partial charge in [-0.25, -0.2) is 18.3 Å². The molecule has 0 spiro atoms. The highest BCUT2D eigenvalue weighted by molar-refractivity contribution is 5.89. The van der Waals surface area contributed by atoms with Gasteiger partial charge < -0.3 is 10.6 Å². The van der Waals surface area contributed by atoms with Gasteiger partial charge in [-0.1, -0.05) is 48.9 Å². The fourth-order valence-electron chi connectivity index (χ4n) is 6.24. The van der Waals surface area contributed by atoms with Crippen molar-refractivity contribution >= 4 is 17.8 Å². The predicted octanol–water partition coefficient (Wildman–Crippen LogP) is 7.46. The predicted molar refractivity (Wildman–Crippen MR) is 148 cm³/mol. The van der Waals surface area contributed by atoms with Crippen LogP contribution in [0, 0.1) is 23.0 Å². The molecule has 0 aliphatic heterocycles. The smallest absolute Gasteiger partial charge is 0.319 e. The Hall–Kier alpha value is -4.26. The van der Waals surface area contributed by atoms with E-state index >= 15 is 0 Å². The summed E-state index contributed by atoms with van der Waals surface area (Å²) in [6, 6.07) is 21.7. The highest BCUT2D eigenvalue weighted by atomic mass is 19.1. The second kappa shape index (κ2) is 10.1. The molecule has 3 aromatic carbocycles. The van der Waals surface area contributed by atoms with Gasteiger partial charge in [0.05, 0.1) is 23.6 Å². The Morgan fingerprint density at radius 1 is 1.05 bits per heavy atom. The summed E-state index contributed by atoms with van der Waals surface area (Å²) >= 11 is 0. The molecule has 39 heavy (non-hydrogen) atoms. The minimum Gasteiger partial charge on any atom is -0.331 e. The van der Waals surface area contributed by atoms with Gasteiger partial charge in [-0.15, -0.1) is 0 Å². The van der Waals surface area contributed by atoms with Crippen LogP contribution in [0.1, 0.15) is 49.0 Å². The lowest BCUT2D eigenvalue weighted by atomic mass is 9.68. The number of nitrogens with one attached hydrogen (secondary N) is 2. The van der Waals surface area contributed by atoms with Crippen LogP contribution in [0.25, 0.3) is 11.8 Å². The summed E-state index contributed by atoms with van der Waals surface area (Å²) in [5, 5.41) is 10.6. The molecule has 1 aromatic heterocycles. The van der Waals surface area contributed by atoms with Crippen molar-refractivity contribution in [1.82, 2.24) is 15.1 Å². The summed E-state index contributed by atoms with van der Waals surface area (Å²) in [5.74, 6) is -0.327. The number of fused-ring (bicyclic) bond motifs is 2. The molecular weight excluding hydrogens is 494 g/mol. The molecule has 4 aromatic rings. The molecule has 6 rings (SSSR count). The van der Waals surface area contributed by atoms with Crippen molar-refractivity contribution in [2.24, 2.45) is 11.3 Å². The van der Waals surface area contributed by atoms with Gasteiger partial charge >= 0.3 is 6.03 Å². The molecule has 1 saturated carbocycles. The summed E-state index contributed by atoms with van der Waals surface area (Å²) in [6.45, 7) is 2.32. The molecule has 2 aliphatic carbocycles. The monoisotopic (exact) mass is 524 g/mol. The number of hydrogen-bond donors (Lipinski definition) is 2. The molecule has 3 atom stereocenters. The van der Waals surface area contributed by atoms with Crippen LogP contribution in [-0.2, 0) is 6.42 Å². The van der Waals surface area contributed by atoms with E-state index in [0.717, 1.165) is 42.6 Å². The Bertz CT molecular complexity index is 1530. The maximum atomic E-state index is 13.6. The number of allylic oxidation sites excluding steroid dienone is 1. The van der Waals surface area contributed by atoms with Gasteiger partial charge in [-0.3, -0.25) is 0 Å². The molecule has 2 amide bonds. The largest absolute Gasteiger partial charge is 0.331 e. The van der Waals surface area contributed by atoms with Crippen LogP contribution in [0.5, 0.6) is 0 Å². The first-order valence-corrected chi connectivity index (χ1v) is 13.3. The molecular formula is C32H30F2N4O. The first-order valence-electron chi connectivity index (χ1n) is 13.3. The van der Waals surface area contributed by atoms with Gasteiger partial charge in [0.25, 0.3) is 0 Å². The lowest BCUT2D eigenvalue weighted by Crippen LogP contribution is -2.36. The summed E-state index contributed by atoms with van der Waals surface area (Å²) in [5.41, 5.74) is 5.85. The number of carbonyl (C=O) groups is 1. The van der Waals surface area contributed by atoms with E-state index < -0.39 is 5.82 Å².